The van der Waals surface area contributed by atoms with Crippen LogP contribution >= 0.6 is 39.1 Å². The van der Waals surface area contributed by atoms with Crippen molar-refractivity contribution in [3.05, 3.63) is 73.9 Å². The second kappa shape index (κ2) is 9.97. The van der Waals surface area contributed by atoms with Gasteiger partial charge in [-0.15, -0.1) is 0 Å². The molecule has 0 fully saturated rings. The zero-order valence-corrected chi connectivity index (χ0v) is 19.1. The first-order valence-electron chi connectivity index (χ1n) is 8.64. The molecule has 0 radical (unpaired) electrons. The van der Waals surface area contributed by atoms with Gasteiger partial charge < -0.3 is 9.47 Å². The molecule has 0 unspecified atom stereocenters. The number of ether oxygens (including phenoxy) is 2. The number of carbonyl (C=O) groups is 1. The van der Waals surface area contributed by atoms with Gasteiger partial charge in [0.1, 0.15) is 6.61 Å². The Morgan fingerprint density at radius 2 is 2.03 bits per heavy atom. The molecule has 0 saturated heterocycles. The van der Waals surface area contributed by atoms with Crippen molar-refractivity contribution in [3.63, 3.8) is 0 Å². The molecule has 1 amide bonds. The molecule has 3 aromatic rings. The van der Waals surface area contributed by atoms with E-state index in [1.165, 1.54) is 10.9 Å². The first kappa shape index (κ1) is 22.1. The third-order valence-corrected chi connectivity index (χ3v) is 5.26. The second-order valence-electron chi connectivity index (χ2n) is 6.15. The first-order chi connectivity index (χ1) is 14.4. The van der Waals surface area contributed by atoms with Crippen LogP contribution in [0.1, 0.15) is 21.6 Å². The Bertz CT molecular complexity index is 1100. The highest BCUT2D eigenvalue weighted by Crippen LogP contribution is 2.29. The Labute approximate surface area is 191 Å². The molecule has 0 aliphatic carbocycles. The van der Waals surface area contributed by atoms with Crippen molar-refractivity contribution in [2.24, 2.45) is 12.1 Å². The fourth-order valence-electron chi connectivity index (χ4n) is 2.51. The molecule has 7 nitrogen and oxygen atoms in total. The van der Waals surface area contributed by atoms with Gasteiger partial charge >= 0.3 is 0 Å². The Morgan fingerprint density at radius 1 is 1.23 bits per heavy atom. The number of nitrogens with zero attached hydrogens (tertiary/aromatic N) is 3. The van der Waals surface area contributed by atoms with E-state index in [1.54, 1.807) is 50.7 Å². The van der Waals surface area contributed by atoms with Gasteiger partial charge in [0, 0.05) is 13.2 Å². The molecule has 0 saturated carbocycles. The number of carbonyl (C=O) groups excluding carboxylic acids is 1. The van der Waals surface area contributed by atoms with Crippen molar-refractivity contribution in [2.45, 2.75) is 6.61 Å². The van der Waals surface area contributed by atoms with Gasteiger partial charge in [0.05, 0.1) is 27.8 Å². The van der Waals surface area contributed by atoms with Crippen LogP contribution in [0.2, 0.25) is 10.0 Å². The van der Waals surface area contributed by atoms with Crippen LogP contribution in [-0.4, -0.2) is 29.0 Å². The summed E-state index contributed by atoms with van der Waals surface area (Å²) in [7, 11) is 3.27. The van der Waals surface area contributed by atoms with Crippen LogP contribution in [0, 0.1) is 0 Å². The molecule has 0 aliphatic heterocycles. The molecule has 0 bridgehead atoms. The van der Waals surface area contributed by atoms with Crippen LogP contribution in [0.5, 0.6) is 11.5 Å². The predicted molar refractivity (Wildman–Crippen MR) is 120 cm³/mol. The Kier molecular flexibility index (Phi) is 7.36. The molecule has 3 rings (SSSR count). The molecule has 0 aliphatic rings. The van der Waals surface area contributed by atoms with Gasteiger partial charge in [-0.2, -0.15) is 10.2 Å². The number of aromatic nitrogens is 2. The topological polar surface area (TPSA) is 77.7 Å². The van der Waals surface area contributed by atoms with Gasteiger partial charge in [0.25, 0.3) is 5.91 Å². The summed E-state index contributed by atoms with van der Waals surface area (Å²) in [4.78, 5) is 12.1. The minimum absolute atomic E-state index is 0.248. The summed E-state index contributed by atoms with van der Waals surface area (Å²) in [6.45, 7) is 0.301. The summed E-state index contributed by atoms with van der Waals surface area (Å²) < 4.78 is 13.3. The average Bonchev–Trinajstić information content (AvgIpc) is 3.07. The number of methoxy groups -OCH3 is 1. The number of hydrogen-bond donors (Lipinski definition) is 1. The normalized spacial score (nSPS) is 11.0. The smallest absolute Gasteiger partial charge is 0.293 e. The maximum Gasteiger partial charge on any atom is 0.293 e. The minimum Gasteiger partial charge on any atom is -0.493 e. The van der Waals surface area contributed by atoms with Crippen LogP contribution in [-0.2, 0) is 13.7 Å². The zero-order valence-electron chi connectivity index (χ0n) is 16.0. The fraction of sp³-hybridized carbons (Fsp3) is 0.150. The number of amides is 1. The lowest BCUT2D eigenvalue weighted by atomic mass is 10.2. The summed E-state index contributed by atoms with van der Waals surface area (Å²) in [5, 5.41) is 8.99. The lowest BCUT2D eigenvalue weighted by Crippen LogP contribution is -2.19. The van der Waals surface area contributed by atoms with Crippen LogP contribution < -0.4 is 14.9 Å². The number of rotatable bonds is 7. The molecule has 30 heavy (non-hydrogen) atoms. The number of hydrogen-bond acceptors (Lipinski definition) is 5. The second-order valence-corrected chi connectivity index (χ2v) is 7.81. The van der Waals surface area contributed by atoms with E-state index in [4.69, 9.17) is 32.7 Å². The number of hydrazone groups is 1. The third-order valence-electron chi connectivity index (χ3n) is 3.94. The largest absolute Gasteiger partial charge is 0.493 e. The monoisotopic (exact) mass is 510 g/mol. The molecule has 1 aromatic heterocycles. The molecular formula is C20H17BrCl2N4O3. The van der Waals surface area contributed by atoms with Gasteiger partial charge in [-0.3, -0.25) is 9.48 Å². The summed E-state index contributed by atoms with van der Waals surface area (Å²) in [6, 6.07) is 10.6. The number of nitrogens with one attached hydrogen (secondary N) is 1. The van der Waals surface area contributed by atoms with Crippen LogP contribution in [0.15, 0.2) is 52.2 Å². The highest BCUT2D eigenvalue weighted by molar-refractivity contribution is 9.10. The Balaban J connectivity index is 1.64. The van der Waals surface area contributed by atoms with Crippen LogP contribution in [0.3, 0.4) is 0 Å². The molecular weight excluding hydrogens is 495 g/mol. The van der Waals surface area contributed by atoms with E-state index < -0.39 is 5.91 Å². The summed E-state index contributed by atoms with van der Waals surface area (Å²) in [6.07, 6.45) is 3.18. The van der Waals surface area contributed by atoms with Crippen molar-refractivity contribution < 1.29 is 14.3 Å². The van der Waals surface area contributed by atoms with E-state index in [2.05, 4.69) is 31.6 Å². The van der Waals surface area contributed by atoms with Gasteiger partial charge in [-0.1, -0.05) is 29.3 Å². The zero-order chi connectivity index (χ0) is 21.7. The fourth-order valence-corrected chi connectivity index (χ4v) is 3.38. The van der Waals surface area contributed by atoms with Gasteiger partial charge in [0.15, 0.2) is 17.2 Å². The van der Waals surface area contributed by atoms with E-state index in [0.717, 1.165) is 5.56 Å². The Hall–Kier alpha value is -2.55. The molecule has 1 heterocycles. The molecule has 156 valence electrons. The van der Waals surface area contributed by atoms with E-state index in [0.29, 0.717) is 38.2 Å². The van der Waals surface area contributed by atoms with E-state index in [-0.39, 0.29) is 5.69 Å². The average molecular weight is 512 g/mol. The summed E-state index contributed by atoms with van der Waals surface area (Å²) >= 11 is 15.2. The molecule has 0 atom stereocenters. The number of halogens is 3. The third kappa shape index (κ3) is 5.53. The molecule has 1 N–H and O–H groups in total. The maximum atomic E-state index is 12.1. The Morgan fingerprint density at radius 3 is 2.70 bits per heavy atom. The summed E-state index contributed by atoms with van der Waals surface area (Å²) in [5.74, 6) is 0.659. The van der Waals surface area contributed by atoms with Crippen molar-refractivity contribution in [2.75, 3.05) is 7.11 Å². The quantitative estimate of drug-likeness (QED) is 0.363. The molecule has 0 spiro atoms. The lowest BCUT2D eigenvalue weighted by molar-refractivity contribution is 0.0948. The predicted octanol–water partition coefficient (Wildman–Crippen LogP) is 4.84. The standard InChI is InChI=1S/C20H17BrCl2N4O3/c1-27-10-14(21)19(26-27)20(28)25-24-9-12-4-6-17(18(8-12)29-2)30-11-13-3-5-15(22)16(23)7-13/h3-10H,11H2,1-2H3,(H,25,28)/b24-9+. The van der Waals surface area contributed by atoms with Gasteiger partial charge in [-0.25, -0.2) is 5.43 Å². The van der Waals surface area contributed by atoms with Crippen molar-refractivity contribution >= 4 is 51.3 Å². The number of aryl methyl sites for hydroxylation is 1. The minimum atomic E-state index is -0.424. The summed E-state index contributed by atoms with van der Waals surface area (Å²) in [5.41, 5.74) is 4.28. The SMILES string of the molecule is COc1cc(/C=N/NC(=O)c2nn(C)cc2Br)ccc1OCc1ccc(Cl)c(Cl)c1. The molecule has 10 heteroatoms. The van der Waals surface area contributed by atoms with E-state index in [9.17, 15) is 4.79 Å². The highest BCUT2D eigenvalue weighted by atomic mass is 79.9. The maximum absolute atomic E-state index is 12.1. The van der Waals surface area contributed by atoms with E-state index in [1.807, 2.05) is 6.07 Å². The van der Waals surface area contributed by atoms with Gasteiger partial charge in [0.2, 0.25) is 0 Å². The van der Waals surface area contributed by atoms with Crippen molar-refractivity contribution in [1.29, 1.82) is 0 Å². The van der Waals surface area contributed by atoms with Crippen LogP contribution in [0.25, 0.3) is 0 Å². The van der Waals surface area contributed by atoms with Gasteiger partial charge in [-0.05, 0) is 57.4 Å². The highest BCUT2D eigenvalue weighted by Gasteiger charge is 2.13. The lowest BCUT2D eigenvalue weighted by Gasteiger charge is -2.11. The van der Waals surface area contributed by atoms with E-state index >= 15 is 0 Å². The van der Waals surface area contributed by atoms with Crippen molar-refractivity contribution in [3.8, 4) is 11.5 Å². The first-order valence-corrected chi connectivity index (χ1v) is 10.2. The molecule has 2 aromatic carbocycles. The number of benzene rings is 2. The van der Waals surface area contributed by atoms with Crippen LogP contribution in [0.4, 0.5) is 0 Å². The van der Waals surface area contributed by atoms with Crippen molar-refractivity contribution in [1.82, 2.24) is 15.2 Å².